The van der Waals surface area contributed by atoms with Crippen molar-refractivity contribution in [2.75, 3.05) is 14.1 Å². The van der Waals surface area contributed by atoms with Crippen LogP contribution in [-0.4, -0.2) is 37.1 Å². The molecule has 0 heterocycles. The normalized spacial score (nSPS) is 29.2. The lowest BCUT2D eigenvalue weighted by atomic mass is 10.2. The van der Waals surface area contributed by atoms with Crippen LogP contribution in [0.4, 0.5) is 4.79 Å². The lowest BCUT2D eigenvalue weighted by Crippen LogP contribution is -2.38. The number of carbonyl (C=O) groups excluding carboxylic acids is 1. The Balaban J connectivity index is 2.30. The maximum Gasteiger partial charge on any atom is 0.312 e. The molecule has 0 aromatic heterocycles. The Bertz CT molecular complexity index is 170. The molecule has 0 saturated heterocycles. The molecule has 1 fully saturated rings. The zero-order valence-electron chi connectivity index (χ0n) is 7.71. The molecule has 70 valence electrons. The van der Waals surface area contributed by atoms with Crippen LogP contribution in [0.25, 0.3) is 0 Å². The Hall–Kier alpha value is -0.770. The number of hydrogen-bond donors (Lipinski definition) is 2. The lowest BCUT2D eigenvalue weighted by molar-refractivity contribution is 0.243. The van der Waals surface area contributed by atoms with Crippen molar-refractivity contribution in [1.29, 1.82) is 0 Å². The Kier molecular flexibility index (Phi) is 2.92. The molecule has 0 aliphatic heterocycles. The Morgan fingerprint density at radius 2 is 2.17 bits per heavy atom. The van der Waals surface area contributed by atoms with Crippen LogP contribution in [0.2, 0.25) is 0 Å². The summed E-state index contributed by atoms with van der Waals surface area (Å²) in [5, 5.41) is 2.74. The molecule has 0 aromatic rings. The molecule has 0 unspecified atom stereocenters. The van der Waals surface area contributed by atoms with Gasteiger partial charge >= 0.3 is 6.03 Å². The van der Waals surface area contributed by atoms with Gasteiger partial charge in [0.25, 0.3) is 0 Å². The fourth-order valence-corrected chi connectivity index (χ4v) is 1.76. The zero-order chi connectivity index (χ0) is 9.14. The molecule has 2 atom stereocenters. The van der Waals surface area contributed by atoms with Crippen molar-refractivity contribution in [3.05, 3.63) is 0 Å². The fourth-order valence-electron chi connectivity index (χ4n) is 1.76. The Morgan fingerprint density at radius 1 is 1.50 bits per heavy atom. The maximum atomic E-state index is 10.5. The topological polar surface area (TPSA) is 58.4 Å². The van der Waals surface area contributed by atoms with Crippen molar-refractivity contribution in [3.8, 4) is 0 Å². The van der Waals surface area contributed by atoms with Gasteiger partial charge < -0.3 is 16.0 Å². The summed E-state index contributed by atoms with van der Waals surface area (Å²) < 4.78 is 0. The Morgan fingerprint density at radius 3 is 2.58 bits per heavy atom. The quantitative estimate of drug-likeness (QED) is 0.620. The van der Waals surface area contributed by atoms with E-state index in [-0.39, 0.29) is 6.04 Å². The second-order valence-corrected chi connectivity index (χ2v) is 3.64. The molecule has 1 aliphatic rings. The number of carbonyl (C=O) groups is 1. The van der Waals surface area contributed by atoms with Crippen LogP contribution in [-0.2, 0) is 0 Å². The largest absolute Gasteiger partial charge is 0.352 e. The summed E-state index contributed by atoms with van der Waals surface area (Å²) in [7, 11) is 4.13. The lowest BCUT2D eigenvalue weighted by Gasteiger charge is -2.18. The number of primary amides is 1. The minimum Gasteiger partial charge on any atom is -0.352 e. The van der Waals surface area contributed by atoms with Crippen molar-refractivity contribution in [2.24, 2.45) is 5.73 Å². The summed E-state index contributed by atoms with van der Waals surface area (Å²) in [6.07, 6.45) is 3.22. The first-order chi connectivity index (χ1) is 5.59. The summed E-state index contributed by atoms with van der Waals surface area (Å²) in [5.74, 6) is 0. The van der Waals surface area contributed by atoms with E-state index in [2.05, 4.69) is 24.3 Å². The molecule has 2 amide bonds. The predicted octanol–water partition coefficient (Wildman–Crippen LogP) is 0.137. The van der Waals surface area contributed by atoms with E-state index in [1.54, 1.807) is 0 Å². The first-order valence-electron chi connectivity index (χ1n) is 4.32. The highest BCUT2D eigenvalue weighted by atomic mass is 16.2. The van der Waals surface area contributed by atoms with Crippen LogP contribution >= 0.6 is 0 Å². The molecule has 1 saturated carbocycles. The van der Waals surface area contributed by atoms with E-state index in [0.717, 1.165) is 19.3 Å². The smallest absolute Gasteiger partial charge is 0.312 e. The van der Waals surface area contributed by atoms with Crippen LogP contribution in [0.3, 0.4) is 0 Å². The number of nitrogens with two attached hydrogens (primary N) is 1. The van der Waals surface area contributed by atoms with E-state index in [4.69, 9.17) is 5.73 Å². The highest BCUT2D eigenvalue weighted by Gasteiger charge is 2.26. The standard InChI is InChI=1S/C8H17N3O/c1-11(2)7-4-3-6(5-7)10-8(9)12/h6-7H,3-5H2,1-2H3,(H3,9,10,12)/t6-,7+/m1/s1. The summed E-state index contributed by atoms with van der Waals surface area (Å²) in [5.41, 5.74) is 5.03. The molecule has 12 heavy (non-hydrogen) atoms. The van der Waals surface area contributed by atoms with E-state index >= 15 is 0 Å². The van der Waals surface area contributed by atoms with Gasteiger partial charge in [0.2, 0.25) is 0 Å². The van der Waals surface area contributed by atoms with E-state index in [1.165, 1.54) is 0 Å². The molecule has 1 aliphatic carbocycles. The van der Waals surface area contributed by atoms with Crippen LogP contribution in [0.5, 0.6) is 0 Å². The summed E-state index contributed by atoms with van der Waals surface area (Å²) in [4.78, 5) is 12.7. The van der Waals surface area contributed by atoms with Gasteiger partial charge in [-0.3, -0.25) is 0 Å². The molecule has 0 radical (unpaired) electrons. The van der Waals surface area contributed by atoms with E-state index in [1.807, 2.05) is 0 Å². The van der Waals surface area contributed by atoms with Gasteiger partial charge in [0.05, 0.1) is 0 Å². The van der Waals surface area contributed by atoms with Crippen molar-refractivity contribution in [2.45, 2.75) is 31.3 Å². The number of urea groups is 1. The van der Waals surface area contributed by atoms with Gasteiger partial charge in [0, 0.05) is 12.1 Å². The van der Waals surface area contributed by atoms with Crippen molar-refractivity contribution >= 4 is 6.03 Å². The molecule has 4 heteroatoms. The van der Waals surface area contributed by atoms with Gasteiger partial charge in [0.15, 0.2) is 0 Å². The highest BCUT2D eigenvalue weighted by molar-refractivity contribution is 5.71. The number of amides is 2. The number of nitrogens with one attached hydrogen (secondary N) is 1. The van der Waals surface area contributed by atoms with Gasteiger partial charge in [-0.1, -0.05) is 0 Å². The molecule has 1 rings (SSSR count). The molecule has 0 bridgehead atoms. The monoisotopic (exact) mass is 171 g/mol. The third-order valence-corrected chi connectivity index (χ3v) is 2.48. The average molecular weight is 171 g/mol. The third kappa shape index (κ3) is 2.37. The van der Waals surface area contributed by atoms with Crippen molar-refractivity contribution in [3.63, 3.8) is 0 Å². The first kappa shape index (κ1) is 9.32. The van der Waals surface area contributed by atoms with E-state index < -0.39 is 6.03 Å². The number of hydrogen-bond acceptors (Lipinski definition) is 2. The predicted molar refractivity (Wildman–Crippen MR) is 47.8 cm³/mol. The summed E-state index contributed by atoms with van der Waals surface area (Å²) in [6, 6.07) is 0.483. The molecular formula is C8H17N3O. The van der Waals surface area contributed by atoms with Crippen molar-refractivity contribution < 1.29 is 4.79 Å². The van der Waals surface area contributed by atoms with Gasteiger partial charge in [-0.05, 0) is 33.4 Å². The molecule has 0 spiro atoms. The van der Waals surface area contributed by atoms with Crippen molar-refractivity contribution in [1.82, 2.24) is 10.2 Å². The SMILES string of the molecule is CN(C)[C@H]1CC[C@@H](NC(N)=O)C1. The minimum atomic E-state index is -0.403. The molecule has 3 N–H and O–H groups in total. The Labute approximate surface area is 73.1 Å². The summed E-state index contributed by atoms with van der Waals surface area (Å²) >= 11 is 0. The zero-order valence-corrected chi connectivity index (χ0v) is 7.71. The van der Waals surface area contributed by atoms with Crippen LogP contribution < -0.4 is 11.1 Å². The van der Waals surface area contributed by atoms with E-state index in [9.17, 15) is 4.79 Å². The van der Waals surface area contributed by atoms with Crippen LogP contribution in [0, 0.1) is 0 Å². The highest BCUT2D eigenvalue weighted by Crippen LogP contribution is 2.21. The van der Waals surface area contributed by atoms with Gasteiger partial charge in [0.1, 0.15) is 0 Å². The molecule has 0 aromatic carbocycles. The minimum absolute atomic E-state index is 0.287. The maximum absolute atomic E-state index is 10.5. The van der Waals surface area contributed by atoms with E-state index in [0.29, 0.717) is 6.04 Å². The van der Waals surface area contributed by atoms with Gasteiger partial charge in [-0.25, -0.2) is 4.79 Å². The van der Waals surface area contributed by atoms with Gasteiger partial charge in [-0.15, -0.1) is 0 Å². The van der Waals surface area contributed by atoms with Gasteiger partial charge in [-0.2, -0.15) is 0 Å². The fraction of sp³-hybridized carbons (Fsp3) is 0.875. The number of nitrogens with zero attached hydrogens (tertiary/aromatic N) is 1. The van der Waals surface area contributed by atoms with Crippen LogP contribution in [0.15, 0.2) is 0 Å². The molecule has 4 nitrogen and oxygen atoms in total. The molecular weight excluding hydrogens is 154 g/mol. The number of rotatable bonds is 2. The van der Waals surface area contributed by atoms with Crippen LogP contribution in [0.1, 0.15) is 19.3 Å². The second kappa shape index (κ2) is 3.76. The second-order valence-electron chi connectivity index (χ2n) is 3.64. The average Bonchev–Trinajstić information content (AvgIpc) is 2.34. The third-order valence-electron chi connectivity index (χ3n) is 2.48. The first-order valence-corrected chi connectivity index (χ1v) is 4.32. The summed E-state index contributed by atoms with van der Waals surface area (Å²) in [6.45, 7) is 0.